The van der Waals surface area contributed by atoms with Crippen LogP contribution in [0.5, 0.6) is 11.5 Å². The predicted molar refractivity (Wildman–Crippen MR) is 120 cm³/mol. The lowest BCUT2D eigenvalue weighted by Gasteiger charge is -2.26. The number of unbranched alkanes of at least 4 members (excludes halogenated alkanes) is 2. The summed E-state index contributed by atoms with van der Waals surface area (Å²) in [6, 6.07) is 14.8. The Kier molecular flexibility index (Phi) is 6.26. The van der Waals surface area contributed by atoms with E-state index in [1.165, 1.54) is 0 Å². The highest BCUT2D eigenvalue weighted by Crippen LogP contribution is 2.44. The molecule has 2 N–H and O–H groups in total. The van der Waals surface area contributed by atoms with Crippen molar-refractivity contribution in [1.82, 2.24) is 15.1 Å². The fourth-order valence-electron chi connectivity index (χ4n) is 4.21. The van der Waals surface area contributed by atoms with Crippen LogP contribution in [0.2, 0.25) is 0 Å². The van der Waals surface area contributed by atoms with Crippen molar-refractivity contribution in [2.45, 2.75) is 45.6 Å². The molecular formula is C25H29N3O3. The number of H-pyrrole nitrogens is 1. The fraction of sp³-hybridized carbons (Fsp3) is 0.360. The number of benzene rings is 2. The van der Waals surface area contributed by atoms with Gasteiger partial charge in [0.2, 0.25) is 0 Å². The minimum Gasteiger partial charge on any atom is -0.507 e. The molecule has 0 saturated carbocycles. The third-order valence-corrected chi connectivity index (χ3v) is 5.68. The van der Waals surface area contributed by atoms with Gasteiger partial charge in [0, 0.05) is 17.7 Å². The monoisotopic (exact) mass is 419 g/mol. The van der Waals surface area contributed by atoms with Gasteiger partial charge in [-0.3, -0.25) is 9.89 Å². The first-order valence-corrected chi connectivity index (χ1v) is 11.1. The molecule has 0 saturated heterocycles. The number of phenols is 1. The van der Waals surface area contributed by atoms with Gasteiger partial charge in [-0.05, 0) is 42.7 Å². The topological polar surface area (TPSA) is 78.5 Å². The zero-order valence-electron chi connectivity index (χ0n) is 18.1. The Morgan fingerprint density at radius 3 is 2.71 bits per heavy atom. The van der Waals surface area contributed by atoms with Crippen LogP contribution in [-0.2, 0) is 0 Å². The minimum atomic E-state index is -0.282. The number of phenolic OH excluding ortho intramolecular Hbond substituents is 1. The SMILES string of the molecule is CCCCCOc1cccc([C@@H]2c3c(-c4ccccc4O)n[nH]c3C(=O)N2CCC)c1. The molecule has 6 heteroatoms. The number of carbonyl (C=O) groups is 1. The molecule has 2 aromatic carbocycles. The van der Waals surface area contributed by atoms with Gasteiger partial charge < -0.3 is 14.7 Å². The molecular weight excluding hydrogens is 390 g/mol. The number of hydrogen-bond acceptors (Lipinski definition) is 4. The molecule has 0 radical (unpaired) electrons. The molecule has 0 spiro atoms. The standard InChI is InChI=1S/C25H29N3O3/c1-3-5-8-15-31-18-11-9-10-17(16-18)24-21-22(19-12-6-7-13-20(19)29)26-27-23(21)25(30)28(24)14-4-2/h6-7,9-13,16,24,29H,3-5,8,14-15H2,1-2H3,(H,26,27)/t24-/m1/s1. The first-order valence-electron chi connectivity index (χ1n) is 11.1. The van der Waals surface area contributed by atoms with E-state index in [1.807, 2.05) is 41.3 Å². The van der Waals surface area contributed by atoms with Crippen LogP contribution in [-0.4, -0.2) is 39.3 Å². The molecule has 1 amide bonds. The van der Waals surface area contributed by atoms with Gasteiger partial charge in [-0.1, -0.05) is 51.0 Å². The molecule has 162 valence electrons. The Balaban J connectivity index is 1.75. The molecule has 2 heterocycles. The summed E-state index contributed by atoms with van der Waals surface area (Å²) in [5, 5.41) is 17.8. The number of aromatic hydroxyl groups is 1. The molecule has 0 fully saturated rings. The maximum absolute atomic E-state index is 13.2. The van der Waals surface area contributed by atoms with Crippen LogP contribution in [0.1, 0.15) is 67.2 Å². The van der Waals surface area contributed by atoms with Crippen LogP contribution in [0.25, 0.3) is 11.3 Å². The highest BCUT2D eigenvalue weighted by atomic mass is 16.5. The van der Waals surface area contributed by atoms with E-state index in [0.29, 0.717) is 30.1 Å². The zero-order chi connectivity index (χ0) is 21.8. The summed E-state index contributed by atoms with van der Waals surface area (Å²) in [7, 11) is 0. The van der Waals surface area contributed by atoms with E-state index in [4.69, 9.17) is 4.74 Å². The van der Waals surface area contributed by atoms with Gasteiger partial charge in [0.25, 0.3) is 5.91 Å². The highest BCUT2D eigenvalue weighted by molar-refractivity contribution is 6.00. The number of ether oxygens (including phenoxy) is 1. The first kappa shape index (κ1) is 21.0. The lowest BCUT2D eigenvalue weighted by molar-refractivity contribution is 0.0743. The van der Waals surface area contributed by atoms with E-state index in [1.54, 1.807) is 12.1 Å². The van der Waals surface area contributed by atoms with E-state index >= 15 is 0 Å². The third-order valence-electron chi connectivity index (χ3n) is 5.68. The van der Waals surface area contributed by atoms with Gasteiger partial charge in [0.1, 0.15) is 22.9 Å². The van der Waals surface area contributed by atoms with Crippen LogP contribution in [0, 0.1) is 0 Å². The van der Waals surface area contributed by atoms with Crippen molar-refractivity contribution in [1.29, 1.82) is 0 Å². The molecule has 1 atom stereocenters. The van der Waals surface area contributed by atoms with Gasteiger partial charge in [-0.2, -0.15) is 5.10 Å². The molecule has 1 aliphatic heterocycles. The Morgan fingerprint density at radius 2 is 1.94 bits per heavy atom. The predicted octanol–water partition coefficient (Wildman–Crippen LogP) is 5.31. The van der Waals surface area contributed by atoms with Gasteiger partial charge in [-0.15, -0.1) is 0 Å². The largest absolute Gasteiger partial charge is 0.507 e. The maximum Gasteiger partial charge on any atom is 0.273 e. The number of carbonyl (C=O) groups excluding carboxylic acids is 1. The average molecular weight is 420 g/mol. The normalized spacial score (nSPS) is 15.4. The Labute approximate surface area is 182 Å². The maximum atomic E-state index is 13.2. The molecule has 6 nitrogen and oxygen atoms in total. The number of fused-ring (bicyclic) bond motifs is 1. The van der Waals surface area contributed by atoms with Crippen LogP contribution in [0.4, 0.5) is 0 Å². The van der Waals surface area contributed by atoms with E-state index in [2.05, 4.69) is 24.0 Å². The molecule has 4 rings (SSSR count). The van der Waals surface area contributed by atoms with E-state index in [0.717, 1.165) is 42.6 Å². The first-order chi connectivity index (χ1) is 15.2. The summed E-state index contributed by atoms with van der Waals surface area (Å²) in [4.78, 5) is 15.1. The molecule has 0 aliphatic carbocycles. The number of para-hydroxylation sites is 1. The summed E-state index contributed by atoms with van der Waals surface area (Å²) in [5.74, 6) is 0.883. The lowest BCUT2D eigenvalue weighted by atomic mass is 9.95. The molecule has 1 aromatic heterocycles. The molecule has 1 aliphatic rings. The van der Waals surface area contributed by atoms with Crippen molar-refractivity contribution in [2.24, 2.45) is 0 Å². The summed E-state index contributed by atoms with van der Waals surface area (Å²) < 4.78 is 5.97. The van der Waals surface area contributed by atoms with Gasteiger partial charge in [0.15, 0.2) is 0 Å². The molecule has 31 heavy (non-hydrogen) atoms. The van der Waals surface area contributed by atoms with E-state index in [9.17, 15) is 9.90 Å². The number of aromatic nitrogens is 2. The Hall–Kier alpha value is -3.28. The van der Waals surface area contributed by atoms with Gasteiger partial charge >= 0.3 is 0 Å². The van der Waals surface area contributed by atoms with Crippen molar-refractivity contribution in [2.75, 3.05) is 13.2 Å². The van der Waals surface area contributed by atoms with Crippen LogP contribution in [0.3, 0.4) is 0 Å². The van der Waals surface area contributed by atoms with Gasteiger partial charge in [-0.25, -0.2) is 0 Å². The average Bonchev–Trinajstić information content (AvgIpc) is 3.31. The lowest BCUT2D eigenvalue weighted by Crippen LogP contribution is -2.30. The smallest absolute Gasteiger partial charge is 0.273 e. The number of amides is 1. The van der Waals surface area contributed by atoms with E-state index < -0.39 is 0 Å². The number of nitrogens with one attached hydrogen (secondary N) is 1. The number of hydrogen-bond donors (Lipinski definition) is 2. The number of aromatic amines is 1. The van der Waals surface area contributed by atoms with Crippen molar-refractivity contribution in [3.63, 3.8) is 0 Å². The fourth-order valence-corrected chi connectivity index (χ4v) is 4.21. The summed E-state index contributed by atoms with van der Waals surface area (Å²) in [5.41, 5.74) is 3.50. The quantitative estimate of drug-likeness (QED) is 0.461. The molecule has 0 unspecified atom stereocenters. The van der Waals surface area contributed by atoms with Crippen molar-refractivity contribution in [3.05, 3.63) is 65.4 Å². The highest BCUT2D eigenvalue weighted by Gasteiger charge is 2.42. The second-order valence-electron chi connectivity index (χ2n) is 7.91. The summed E-state index contributed by atoms with van der Waals surface area (Å²) >= 11 is 0. The van der Waals surface area contributed by atoms with Crippen molar-refractivity contribution < 1.29 is 14.6 Å². The molecule has 3 aromatic rings. The molecule has 0 bridgehead atoms. The van der Waals surface area contributed by atoms with Crippen LogP contribution >= 0.6 is 0 Å². The third kappa shape index (κ3) is 4.02. The minimum absolute atomic E-state index is 0.0645. The van der Waals surface area contributed by atoms with Crippen LogP contribution < -0.4 is 4.74 Å². The van der Waals surface area contributed by atoms with Crippen molar-refractivity contribution >= 4 is 5.91 Å². The van der Waals surface area contributed by atoms with E-state index in [-0.39, 0.29) is 17.7 Å². The van der Waals surface area contributed by atoms with Gasteiger partial charge in [0.05, 0.1) is 12.6 Å². The zero-order valence-corrected chi connectivity index (χ0v) is 18.1. The summed E-state index contributed by atoms with van der Waals surface area (Å²) in [6.45, 7) is 5.55. The Morgan fingerprint density at radius 1 is 1.10 bits per heavy atom. The summed E-state index contributed by atoms with van der Waals surface area (Å²) in [6.07, 6.45) is 4.16. The van der Waals surface area contributed by atoms with Crippen molar-refractivity contribution in [3.8, 4) is 22.8 Å². The second kappa shape index (κ2) is 9.25. The second-order valence-corrected chi connectivity index (χ2v) is 7.91. The number of rotatable bonds is 9. The number of nitrogens with zero attached hydrogens (tertiary/aromatic N) is 2. The van der Waals surface area contributed by atoms with Crippen LogP contribution in [0.15, 0.2) is 48.5 Å². The Bertz CT molecular complexity index is 1060.